The summed E-state index contributed by atoms with van der Waals surface area (Å²) in [6.07, 6.45) is 0. The number of nitrogen functional groups attached to an aromatic ring is 3. The lowest BCUT2D eigenvalue weighted by molar-refractivity contribution is -0.589. The summed E-state index contributed by atoms with van der Waals surface area (Å²) in [5.41, 5.74) is 13.5. The number of aliphatic carboxylic acids is 2. The number of fused-ring (bicyclic) bond motifs is 1. The highest BCUT2D eigenvalue weighted by Gasteiger charge is 2.64. The number of nitrogens with one attached hydrogen (secondary N) is 1. The van der Waals surface area contributed by atoms with E-state index in [0.717, 1.165) is 33.4 Å². The van der Waals surface area contributed by atoms with Crippen molar-refractivity contribution in [2.45, 2.75) is 30.4 Å². The van der Waals surface area contributed by atoms with Crippen molar-refractivity contribution in [3.8, 4) is 5.69 Å². The summed E-state index contributed by atoms with van der Waals surface area (Å²) in [5, 5.41) is 29.7. The molecule has 5 rings (SSSR count). The summed E-state index contributed by atoms with van der Waals surface area (Å²) < 4.78 is 1.38. The second kappa shape index (κ2) is 11.9. The number of aromatic nitrogens is 4. The van der Waals surface area contributed by atoms with Gasteiger partial charge in [0.2, 0.25) is 11.4 Å². The fraction of sp³-hybridized carbons (Fsp3) is 0.231. The molecule has 1 saturated heterocycles. The number of thiocarbonyl (C=S) groups is 1. The number of nitrogens with two attached hydrogens (primary N) is 3. The lowest BCUT2D eigenvalue weighted by atomic mass is 9.87. The molecule has 17 nitrogen and oxygen atoms in total. The molecule has 2 aliphatic rings. The van der Waals surface area contributed by atoms with Gasteiger partial charge in [-0.05, 0) is 26.0 Å². The average molecular weight is 685 g/mol. The Kier molecular flexibility index (Phi) is 8.36. The van der Waals surface area contributed by atoms with Crippen LogP contribution in [0.5, 0.6) is 0 Å². The van der Waals surface area contributed by atoms with E-state index in [2.05, 4.69) is 25.4 Å². The molecule has 238 valence electrons. The van der Waals surface area contributed by atoms with Crippen LogP contribution in [0.4, 0.5) is 17.0 Å². The molecular weight excluding hydrogens is 661 g/mol. The van der Waals surface area contributed by atoms with Gasteiger partial charge in [0.15, 0.2) is 16.4 Å². The van der Waals surface area contributed by atoms with Crippen LogP contribution in [0.3, 0.4) is 0 Å². The molecule has 20 heteroatoms. The number of thiazole rings is 1. The zero-order chi connectivity index (χ0) is 33.6. The molecule has 1 unspecified atom stereocenters. The van der Waals surface area contributed by atoms with Crippen LogP contribution in [0, 0.1) is 0 Å². The first-order valence-corrected chi connectivity index (χ1v) is 15.4. The molecule has 0 bridgehead atoms. The number of hydrogen-bond acceptors (Lipinski definition) is 16. The van der Waals surface area contributed by atoms with Gasteiger partial charge in [0, 0.05) is 16.5 Å². The second-order valence-corrected chi connectivity index (χ2v) is 12.4. The number of carbonyl (C=O) groups excluding carboxylic acids is 3. The van der Waals surface area contributed by atoms with Crippen molar-refractivity contribution in [1.29, 1.82) is 0 Å². The molecule has 0 saturated carbocycles. The zero-order valence-electron chi connectivity index (χ0n) is 23.9. The Morgan fingerprint density at radius 2 is 1.93 bits per heavy atom. The molecule has 0 radical (unpaired) electrons. The minimum absolute atomic E-state index is 0.00627. The highest BCUT2D eigenvalue weighted by Crippen LogP contribution is 2.47. The molecule has 2 aliphatic heterocycles. The average Bonchev–Trinajstić information content (AvgIpc) is 3.44. The van der Waals surface area contributed by atoms with Gasteiger partial charge in [0.25, 0.3) is 11.8 Å². The van der Waals surface area contributed by atoms with E-state index >= 15 is 0 Å². The van der Waals surface area contributed by atoms with Crippen LogP contribution >= 0.6 is 35.3 Å². The molecule has 2 amide bonds. The van der Waals surface area contributed by atoms with E-state index < -0.39 is 51.7 Å². The smallest absolute Gasteiger partial charge is 0.354 e. The van der Waals surface area contributed by atoms with Crippen molar-refractivity contribution < 1.29 is 38.8 Å². The van der Waals surface area contributed by atoms with E-state index in [1.807, 2.05) is 0 Å². The number of rotatable bonds is 10. The number of oxime groups is 1. The number of β-lactam (4-membered cyclic amide) rings is 1. The summed E-state index contributed by atoms with van der Waals surface area (Å²) in [5.74, 6) is -5.41. The third-order valence-corrected chi connectivity index (χ3v) is 9.24. The van der Waals surface area contributed by atoms with Crippen LogP contribution in [0.25, 0.3) is 11.3 Å². The Labute approximate surface area is 273 Å². The lowest BCUT2D eigenvalue weighted by Gasteiger charge is -2.56. The van der Waals surface area contributed by atoms with E-state index in [0.29, 0.717) is 5.69 Å². The van der Waals surface area contributed by atoms with Crippen LogP contribution < -0.4 is 32.2 Å². The first-order valence-electron chi connectivity index (χ1n) is 13.0. The van der Waals surface area contributed by atoms with E-state index in [1.54, 1.807) is 30.3 Å². The van der Waals surface area contributed by atoms with Gasteiger partial charge in [-0.3, -0.25) is 14.5 Å². The Morgan fingerprint density at radius 3 is 2.52 bits per heavy atom. The Morgan fingerprint density at radius 1 is 1.24 bits per heavy atom. The first-order chi connectivity index (χ1) is 21.7. The fourth-order valence-electron chi connectivity index (χ4n) is 4.54. The van der Waals surface area contributed by atoms with Gasteiger partial charge in [-0.15, -0.1) is 23.1 Å². The fourth-order valence-corrected chi connectivity index (χ4v) is 6.89. The Hall–Kier alpha value is -5.21. The molecule has 0 spiro atoms. The highest BCUT2D eigenvalue weighted by atomic mass is 32.2. The first kappa shape index (κ1) is 32.2. The quantitative estimate of drug-likeness (QED) is 0.0533. The maximum Gasteiger partial charge on any atom is 0.354 e. The number of carbonyl (C=O) groups is 4. The van der Waals surface area contributed by atoms with Crippen molar-refractivity contribution in [2.75, 3.05) is 23.0 Å². The van der Waals surface area contributed by atoms with E-state index in [4.69, 9.17) is 34.3 Å². The predicted octanol–water partition coefficient (Wildman–Crippen LogP) is -1.53. The summed E-state index contributed by atoms with van der Waals surface area (Å²) in [6, 6.07) is 8.59. The summed E-state index contributed by atoms with van der Waals surface area (Å²) in [6.45, 7) is 2.42. The Bertz CT molecular complexity index is 1860. The van der Waals surface area contributed by atoms with Crippen LogP contribution in [-0.2, 0) is 24.0 Å². The number of carboxylic acids is 2. The number of thioether (sulfide) groups is 1. The standard InChI is InChI=1S/C26H24N10O7S3/c1-25(2,21(41)42)43-34-14(13-9-46-24(29)30-13)17(37)33-26(10-44)19(40)36-15(18(38)39)12(8-45-20(26)36)16-31-22(27)32-23(28)35(16)11-6-4-3-5-7-11/h3-7,9-10,20H,8H2,1-2H3,(H8,27,28,29,30,32,33,37,38,39,41,42)/b34-14-/t20-,26?/m0/s1. The third-order valence-electron chi connectivity index (χ3n) is 6.84. The van der Waals surface area contributed by atoms with E-state index in [-0.39, 0.29) is 39.9 Å². The number of amides is 2. The van der Waals surface area contributed by atoms with E-state index in [9.17, 15) is 29.4 Å². The van der Waals surface area contributed by atoms with Crippen LogP contribution in [0.2, 0.25) is 0 Å². The van der Waals surface area contributed by atoms with Crippen LogP contribution in [0.1, 0.15) is 25.4 Å². The number of anilines is 3. The molecular formula is C26H24N10O7S3. The number of carboxylic acid groups (broad SMARTS) is 2. The zero-order valence-corrected chi connectivity index (χ0v) is 26.3. The largest absolute Gasteiger partial charge is 0.543 e. The topological polar surface area (TPSA) is 269 Å². The monoisotopic (exact) mass is 684 g/mol. The number of nitrogens with zero attached hydrogens (tertiary/aromatic N) is 6. The van der Waals surface area contributed by atoms with Crippen molar-refractivity contribution >= 4 is 92.8 Å². The van der Waals surface area contributed by atoms with Crippen LogP contribution in [0.15, 0.2) is 46.6 Å². The lowest BCUT2D eigenvalue weighted by Crippen LogP contribution is -2.81. The Balaban J connectivity index is 1.55. The van der Waals surface area contributed by atoms with Crippen LogP contribution in [-0.4, -0.2) is 82.1 Å². The molecule has 2 aromatic heterocycles. The molecule has 0 aliphatic carbocycles. The minimum Gasteiger partial charge on any atom is -0.543 e. The highest BCUT2D eigenvalue weighted by molar-refractivity contribution is 8.00. The summed E-state index contributed by atoms with van der Waals surface area (Å²) in [7, 11) is 0. The number of para-hydroxylation sites is 1. The van der Waals surface area contributed by atoms with Gasteiger partial charge in [-0.1, -0.05) is 45.5 Å². The molecule has 4 heterocycles. The summed E-state index contributed by atoms with van der Waals surface area (Å²) >= 11 is 7.23. The molecule has 1 fully saturated rings. The predicted molar refractivity (Wildman–Crippen MR) is 168 cm³/mol. The SMILES string of the molecule is CC(C)(O/N=C(\C(=O)NC1(C=S)C(=O)N2C(C(=O)[O-])=C(c3nc(N)nc(N)[n+]3-c3ccccc3)CS[C@H]21)c1csc(N)n1)C(=O)O. The normalized spacial score (nSPS) is 19.6. The van der Waals surface area contributed by atoms with Gasteiger partial charge >= 0.3 is 17.9 Å². The van der Waals surface area contributed by atoms with Crippen molar-refractivity contribution in [3.05, 3.63) is 52.9 Å². The van der Waals surface area contributed by atoms with Gasteiger partial charge in [0.05, 0.1) is 22.9 Å². The molecule has 1 aromatic carbocycles. The maximum absolute atomic E-state index is 13.8. The molecule has 2 atom stereocenters. The van der Waals surface area contributed by atoms with Crippen molar-refractivity contribution in [1.82, 2.24) is 25.2 Å². The number of hydrogen-bond donors (Lipinski definition) is 5. The second-order valence-electron chi connectivity index (χ2n) is 10.2. The third kappa shape index (κ3) is 5.45. The van der Waals surface area contributed by atoms with Crippen molar-refractivity contribution in [2.24, 2.45) is 5.16 Å². The van der Waals surface area contributed by atoms with Gasteiger partial charge in [-0.25, -0.2) is 9.78 Å². The van der Waals surface area contributed by atoms with Gasteiger partial charge < -0.3 is 42.4 Å². The molecule has 8 N–H and O–H groups in total. The molecule has 46 heavy (non-hydrogen) atoms. The van der Waals surface area contributed by atoms with E-state index in [1.165, 1.54) is 23.8 Å². The van der Waals surface area contributed by atoms with Crippen molar-refractivity contribution in [3.63, 3.8) is 0 Å². The minimum atomic E-state index is -1.91. The summed E-state index contributed by atoms with van der Waals surface area (Å²) in [4.78, 5) is 70.0. The maximum atomic E-state index is 13.8. The van der Waals surface area contributed by atoms with Gasteiger partial charge in [-0.2, -0.15) is 4.57 Å². The molecule has 3 aromatic rings. The van der Waals surface area contributed by atoms with Gasteiger partial charge in [0.1, 0.15) is 11.1 Å². The number of benzene rings is 1.